The molecule has 0 saturated carbocycles. The van der Waals surface area contributed by atoms with Crippen molar-refractivity contribution in [3.05, 3.63) is 60.2 Å². The highest BCUT2D eigenvalue weighted by molar-refractivity contribution is 7.88. The van der Waals surface area contributed by atoms with Crippen molar-refractivity contribution in [1.29, 1.82) is 0 Å². The van der Waals surface area contributed by atoms with Crippen molar-refractivity contribution in [2.75, 3.05) is 12.4 Å². The molecule has 1 aromatic heterocycles. The topological polar surface area (TPSA) is 112 Å². The van der Waals surface area contributed by atoms with Crippen LogP contribution < -0.4 is 5.32 Å². The highest BCUT2D eigenvalue weighted by Gasteiger charge is 2.30. The van der Waals surface area contributed by atoms with Crippen LogP contribution in [-0.4, -0.2) is 36.5 Å². The summed E-state index contributed by atoms with van der Waals surface area (Å²) in [7, 11) is -2.82. The number of benzene rings is 1. The van der Waals surface area contributed by atoms with Gasteiger partial charge in [0.25, 0.3) is 5.91 Å². The van der Waals surface area contributed by atoms with Crippen LogP contribution in [0.2, 0.25) is 0 Å². The number of carbonyl (C=O) groups excluding carboxylic acids is 1. The van der Waals surface area contributed by atoms with Gasteiger partial charge in [0.05, 0.1) is 6.26 Å². The Bertz CT molecular complexity index is 945. The molecule has 1 aliphatic rings. The minimum atomic E-state index is -4.05. The number of nitrogens with zero attached hydrogens (tertiary/aromatic N) is 2. The molecule has 3 rings (SSSR count). The normalized spacial score (nSPS) is 16.3. The van der Waals surface area contributed by atoms with Crippen LogP contribution in [0.4, 0.5) is 5.69 Å². The van der Waals surface area contributed by atoms with Gasteiger partial charge in [-0.15, -0.1) is 4.40 Å². The second kappa shape index (κ2) is 5.85. The lowest BCUT2D eigenvalue weighted by molar-refractivity contribution is -0.113. The van der Waals surface area contributed by atoms with Crippen molar-refractivity contribution in [3.63, 3.8) is 0 Å². The van der Waals surface area contributed by atoms with E-state index in [1.54, 1.807) is 24.3 Å². The Morgan fingerprint density at radius 3 is 2.75 bits per heavy atom. The molecule has 9 heteroatoms. The summed E-state index contributed by atoms with van der Waals surface area (Å²) in [6, 6.07) is 9.04. The first-order valence-corrected chi connectivity index (χ1v) is 8.21. The monoisotopic (exact) mass is 347 g/mol. The number of hydrogen-bond donors (Lipinski definition) is 2. The summed E-state index contributed by atoms with van der Waals surface area (Å²) in [5.74, 6) is -0.454. The van der Waals surface area contributed by atoms with Gasteiger partial charge in [-0.25, -0.2) is 4.31 Å². The third kappa shape index (κ3) is 3.01. The molecule has 0 radical (unpaired) electrons. The second-order valence-electron chi connectivity index (χ2n) is 4.93. The van der Waals surface area contributed by atoms with E-state index in [2.05, 4.69) is 9.71 Å². The number of amides is 1. The molecule has 1 aromatic carbocycles. The molecule has 2 heterocycles. The lowest BCUT2D eigenvalue weighted by atomic mass is 10.2. The van der Waals surface area contributed by atoms with Crippen LogP contribution in [0.15, 0.2) is 63.2 Å². The maximum atomic E-state index is 12.4. The molecule has 0 unspecified atom stereocenters. The molecule has 24 heavy (non-hydrogen) atoms. The van der Waals surface area contributed by atoms with Crippen molar-refractivity contribution in [1.82, 2.24) is 4.31 Å². The maximum Gasteiger partial charge on any atom is 0.345 e. The Labute approximate surface area is 137 Å². The van der Waals surface area contributed by atoms with Gasteiger partial charge < -0.3 is 14.8 Å². The molecule has 2 N–H and O–H groups in total. The van der Waals surface area contributed by atoms with Crippen LogP contribution >= 0.6 is 0 Å². The smallest absolute Gasteiger partial charge is 0.345 e. The summed E-state index contributed by atoms with van der Waals surface area (Å²) in [4.78, 5) is 12.4. The summed E-state index contributed by atoms with van der Waals surface area (Å²) in [6.07, 6.45) is 2.70. The molecule has 0 spiro atoms. The van der Waals surface area contributed by atoms with E-state index in [0.717, 1.165) is 4.31 Å². The Balaban J connectivity index is 1.95. The van der Waals surface area contributed by atoms with Crippen LogP contribution in [-0.2, 0) is 15.0 Å². The number of allylic oxidation sites excluding steroid dienone is 1. The van der Waals surface area contributed by atoms with Gasteiger partial charge >= 0.3 is 10.2 Å². The van der Waals surface area contributed by atoms with Crippen molar-refractivity contribution >= 4 is 27.5 Å². The third-order valence-corrected chi connectivity index (χ3v) is 4.60. The molecule has 0 atom stereocenters. The molecule has 2 aromatic rings. The summed E-state index contributed by atoms with van der Waals surface area (Å²) < 4.78 is 33.8. The van der Waals surface area contributed by atoms with E-state index in [0.29, 0.717) is 5.69 Å². The fraction of sp³-hybridized carbons (Fsp3) is 0.0667. The number of nitrogens with one attached hydrogen (secondary N) is 1. The molecule has 8 nitrogen and oxygen atoms in total. The zero-order valence-corrected chi connectivity index (χ0v) is 13.3. The highest BCUT2D eigenvalue weighted by Crippen LogP contribution is 2.22. The van der Waals surface area contributed by atoms with Crippen LogP contribution in [0.5, 0.6) is 5.75 Å². The predicted octanol–water partition coefficient (Wildman–Crippen LogP) is 1.49. The van der Waals surface area contributed by atoms with Crippen molar-refractivity contribution in [2.24, 2.45) is 4.40 Å². The molecule has 0 fully saturated rings. The SMILES string of the molecule is CN1C(C(=O)Nc2cccc(O)c2)=CC(c2ccco2)=NS1(=O)=O. The van der Waals surface area contributed by atoms with E-state index < -0.39 is 16.1 Å². The van der Waals surface area contributed by atoms with E-state index in [4.69, 9.17) is 4.42 Å². The van der Waals surface area contributed by atoms with Crippen LogP contribution in [0.3, 0.4) is 0 Å². The summed E-state index contributed by atoms with van der Waals surface area (Å²) in [5.41, 5.74) is 0.229. The molecular formula is C15H13N3O5S. The molecule has 0 bridgehead atoms. The summed E-state index contributed by atoms with van der Waals surface area (Å²) in [5, 5.41) is 12.0. The zero-order chi connectivity index (χ0) is 17.3. The fourth-order valence-electron chi connectivity index (χ4n) is 2.08. The average molecular weight is 347 g/mol. The third-order valence-electron chi connectivity index (χ3n) is 3.28. The average Bonchev–Trinajstić information content (AvgIpc) is 3.04. The Morgan fingerprint density at radius 2 is 2.08 bits per heavy atom. The molecule has 1 amide bonds. The maximum absolute atomic E-state index is 12.4. The van der Waals surface area contributed by atoms with Crippen LogP contribution in [0, 0.1) is 0 Å². The van der Waals surface area contributed by atoms with Crippen molar-refractivity contribution in [2.45, 2.75) is 0 Å². The minimum absolute atomic E-state index is 0.0239. The van der Waals surface area contributed by atoms with Gasteiger partial charge in [-0.2, -0.15) is 8.42 Å². The number of hydrogen-bond acceptors (Lipinski definition) is 5. The number of carbonyl (C=O) groups is 1. The van der Waals surface area contributed by atoms with Gasteiger partial charge in [-0.3, -0.25) is 4.79 Å². The molecule has 124 valence electrons. The minimum Gasteiger partial charge on any atom is -0.508 e. The number of anilines is 1. The molecule has 0 saturated heterocycles. The number of rotatable bonds is 3. The first-order valence-electron chi connectivity index (χ1n) is 6.81. The summed E-state index contributed by atoms with van der Waals surface area (Å²) >= 11 is 0. The van der Waals surface area contributed by atoms with E-state index in [1.807, 2.05) is 0 Å². The number of likely N-dealkylation sites (N-methyl/N-ethyl adjacent to an activating group) is 1. The number of aromatic hydroxyl groups is 1. The zero-order valence-electron chi connectivity index (χ0n) is 12.5. The van der Waals surface area contributed by atoms with Gasteiger partial charge in [0, 0.05) is 18.8 Å². The molecule has 1 aliphatic heterocycles. The number of furan rings is 1. The summed E-state index contributed by atoms with van der Waals surface area (Å²) in [6.45, 7) is 0. The van der Waals surface area contributed by atoms with E-state index in [9.17, 15) is 18.3 Å². The van der Waals surface area contributed by atoms with Gasteiger partial charge in [-0.05, 0) is 30.3 Å². The highest BCUT2D eigenvalue weighted by atomic mass is 32.2. The van der Waals surface area contributed by atoms with Gasteiger partial charge in [0.2, 0.25) is 0 Å². The first kappa shape index (κ1) is 15.8. The van der Waals surface area contributed by atoms with Gasteiger partial charge in [0.1, 0.15) is 17.2 Å². The van der Waals surface area contributed by atoms with Crippen molar-refractivity contribution < 1.29 is 22.7 Å². The first-order chi connectivity index (χ1) is 11.4. The van der Waals surface area contributed by atoms with E-state index >= 15 is 0 Å². The standard InChI is InChI=1S/C15H13N3O5S/c1-18-13(15(20)16-10-4-2-5-11(19)8-10)9-12(17-24(18,21)22)14-6-3-7-23-14/h2-9,19H,1H3,(H,16,20). The Kier molecular flexibility index (Phi) is 3.86. The Morgan fingerprint density at radius 1 is 1.29 bits per heavy atom. The van der Waals surface area contributed by atoms with E-state index in [1.165, 1.54) is 31.5 Å². The molecular weight excluding hydrogens is 334 g/mol. The molecule has 0 aliphatic carbocycles. The predicted molar refractivity (Wildman–Crippen MR) is 86.7 cm³/mol. The quantitative estimate of drug-likeness (QED) is 0.873. The van der Waals surface area contributed by atoms with Crippen LogP contribution in [0.25, 0.3) is 0 Å². The largest absolute Gasteiger partial charge is 0.508 e. The van der Waals surface area contributed by atoms with Crippen molar-refractivity contribution in [3.8, 4) is 5.75 Å². The lowest BCUT2D eigenvalue weighted by Gasteiger charge is -2.23. The van der Waals surface area contributed by atoms with Crippen LogP contribution in [0.1, 0.15) is 5.76 Å². The van der Waals surface area contributed by atoms with Gasteiger partial charge in [-0.1, -0.05) is 6.07 Å². The lowest BCUT2D eigenvalue weighted by Crippen LogP contribution is -2.35. The number of phenolic OH excluding ortho intramolecular Hbond substituents is 1. The fourth-order valence-corrected chi connectivity index (χ4v) is 2.98. The Hall–Kier alpha value is -3.07. The second-order valence-corrected chi connectivity index (χ2v) is 6.56. The van der Waals surface area contributed by atoms with E-state index in [-0.39, 0.29) is 22.9 Å². The number of phenols is 1. The van der Waals surface area contributed by atoms with Gasteiger partial charge in [0.15, 0.2) is 5.76 Å².